The number of hydrogen-bond acceptors (Lipinski definition) is 2. The first kappa shape index (κ1) is 13.8. The van der Waals surface area contributed by atoms with Gasteiger partial charge in [0.05, 0.1) is 0 Å². The topological polar surface area (TPSA) is 20.2 Å². The van der Waals surface area contributed by atoms with Gasteiger partial charge in [0.2, 0.25) is 0 Å². The van der Waals surface area contributed by atoms with Crippen LogP contribution >= 0.6 is 11.8 Å². The van der Waals surface area contributed by atoms with Crippen LogP contribution in [0.5, 0.6) is 0 Å². The minimum atomic E-state index is 1.00. The van der Waals surface area contributed by atoms with Crippen molar-refractivity contribution in [1.82, 2.24) is 0 Å². The fraction of sp³-hybridized carbons (Fsp3) is 0.200. The maximum Gasteiger partial charge on any atom is 0.0319 e. The Labute approximate surface area is 108 Å². The van der Waals surface area contributed by atoms with E-state index in [1.165, 1.54) is 20.9 Å². The van der Waals surface area contributed by atoms with Gasteiger partial charge in [-0.1, -0.05) is 48.2 Å². The maximum atomic E-state index is 7.00. The van der Waals surface area contributed by atoms with E-state index in [1.54, 1.807) is 0 Å². The third kappa shape index (κ3) is 3.91. The molecule has 0 fully saturated rings. The fourth-order valence-electron chi connectivity index (χ4n) is 1.46. The molecular weight excluding hydrogens is 228 g/mol. The molecule has 0 saturated heterocycles. The summed E-state index contributed by atoms with van der Waals surface area (Å²) < 4.78 is 0. The van der Waals surface area contributed by atoms with Crippen molar-refractivity contribution in [1.29, 1.82) is 0 Å². The second-order valence-corrected chi connectivity index (χ2v) is 4.72. The number of hydrogen-bond donors (Lipinski definition) is 1. The Morgan fingerprint density at radius 1 is 0.706 bits per heavy atom. The molecule has 2 heteroatoms. The third-order valence-corrected chi connectivity index (χ3v) is 3.76. The van der Waals surface area contributed by atoms with E-state index in [9.17, 15) is 0 Å². The first-order valence-electron chi connectivity index (χ1n) is 5.51. The monoisotopic (exact) mass is 246 g/mol. The lowest BCUT2D eigenvalue weighted by atomic mass is 10.2. The van der Waals surface area contributed by atoms with Gasteiger partial charge >= 0.3 is 0 Å². The van der Waals surface area contributed by atoms with Gasteiger partial charge in [-0.05, 0) is 37.1 Å². The molecule has 2 rings (SSSR count). The Kier molecular flexibility index (Phi) is 5.81. The molecule has 0 heterocycles. The highest BCUT2D eigenvalue weighted by Gasteiger charge is 2.01. The SMILES string of the molecule is CO.Cc1ccccc1Sc1ccccc1C. The van der Waals surface area contributed by atoms with Crippen LogP contribution in [0.25, 0.3) is 0 Å². The summed E-state index contributed by atoms with van der Waals surface area (Å²) in [6.07, 6.45) is 0. The van der Waals surface area contributed by atoms with Crippen LogP contribution < -0.4 is 0 Å². The highest BCUT2D eigenvalue weighted by Crippen LogP contribution is 2.31. The van der Waals surface area contributed by atoms with Gasteiger partial charge in [-0.3, -0.25) is 0 Å². The molecule has 1 nitrogen and oxygen atoms in total. The quantitative estimate of drug-likeness (QED) is 0.862. The fourth-order valence-corrected chi connectivity index (χ4v) is 2.45. The Morgan fingerprint density at radius 2 is 1.06 bits per heavy atom. The van der Waals surface area contributed by atoms with Crippen molar-refractivity contribution >= 4 is 11.8 Å². The molecule has 0 aromatic heterocycles. The Morgan fingerprint density at radius 3 is 1.41 bits per heavy atom. The summed E-state index contributed by atoms with van der Waals surface area (Å²) in [4.78, 5) is 2.68. The molecule has 0 unspecified atom stereocenters. The zero-order valence-electron chi connectivity index (χ0n) is 10.5. The average Bonchev–Trinajstić information content (AvgIpc) is 2.37. The van der Waals surface area contributed by atoms with Crippen LogP contribution in [0.15, 0.2) is 58.3 Å². The van der Waals surface area contributed by atoms with Crippen LogP contribution in [-0.2, 0) is 0 Å². The van der Waals surface area contributed by atoms with Crippen molar-refractivity contribution in [3.8, 4) is 0 Å². The van der Waals surface area contributed by atoms with E-state index >= 15 is 0 Å². The third-order valence-electron chi connectivity index (χ3n) is 2.41. The Balaban J connectivity index is 0.000000686. The lowest BCUT2D eigenvalue weighted by Gasteiger charge is -2.07. The van der Waals surface area contributed by atoms with E-state index in [0.717, 1.165) is 7.11 Å². The van der Waals surface area contributed by atoms with Crippen LogP contribution in [0.1, 0.15) is 11.1 Å². The van der Waals surface area contributed by atoms with Gasteiger partial charge in [-0.25, -0.2) is 0 Å². The summed E-state index contributed by atoms with van der Waals surface area (Å²) >= 11 is 1.84. The van der Waals surface area contributed by atoms with Crippen molar-refractivity contribution in [3.63, 3.8) is 0 Å². The number of rotatable bonds is 2. The van der Waals surface area contributed by atoms with Crippen LogP contribution in [0.2, 0.25) is 0 Å². The highest BCUT2D eigenvalue weighted by molar-refractivity contribution is 7.99. The first-order chi connectivity index (χ1) is 8.27. The number of aliphatic hydroxyl groups is 1. The van der Waals surface area contributed by atoms with Gasteiger partial charge in [0.15, 0.2) is 0 Å². The van der Waals surface area contributed by atoms with E-state index in [0.29, 0.717) is 0 Å². The van der Waals surface area contributed by atoms with E-state index in [2.05, 4.69) is 62.4 Å². The zero-order valence-corrected chi connectivity index (χ0v) is 11.3. The molecule has 0 aliphatic rings. The molecule has 0 saturated carbocycles. The highest BCUT2D eigenvalue weighted by atomic mass is 32.2. The molecule has 0 bridgehead atoms. The molecule has 0 spiro atoms. The Bertz CT molecular complexity index is 422. The van der Waals surface area contributed by atoms with Crippen molar-refractivity contribution in [3.05, 3.63) is 59.7 Å². The molecule has 0 aliphatic carbocycles. The first-order valence-corrected chi connectivity index (χ1v) is 6.33. The summed E-state index contributed by atoms with van der Waals surface area (Å²) in [6.45, 7) is 4.31. The number of aryl methyl sites for hydroxylation is 2. The van der Waals surface area contributed by atoms with Crippen molar-refractivity contribution < 1.29 is 5.11 Å². The maximum absolute atomic E-state index is 7.00. The number of aliphatic hydroxyl groups excluding tert-OH is 1. The second kappa shape index (κ2) is 7.15. The molecule has 2 aromatic carbocycles. The predicted molar refractivity (Wildman–Crippen MR) is 74.6 cm³/mol. The normalized spacial score (nSPS) is 9.41. The van der Waals surface area contributed by atoms with E-state index in [4.69, 9.17) is 5.11 Å². The van der Waals surface area contributed by atoms with Gasteiger partial charge < -0.3 is 5.11 Å². The molecular formula is C15H18OS. The lowest BCUT2D eigenvalue weighted by molar-refractivity contribution is 0.399. The largest absolute Gasteiger partial charge is 0.400 e. The standard InChI is InChI=1S/C14H14S.CH4O/c1-11-7-3-5-9-13(11)15-14-10-6-4-8-12(14)2;1-2/h3-10H,1-2H3;2H,1H3. The van der Waals surface area contributed by atoms with Crippen LogP contribution in [-0.4, -0.2) is 12.2 Å². The van der Waals surface area contributed by atoms with Gasteiger partial charge in [-0.2, -0.15) is 0 Å². The minimum absolute atomic E-state index is 1.00. The zero-order chi connectivity index (χ0) is 12.7. The summed E-state index contributed by atoms with van der Waals surface area (Å²) in [6, 6.07) is 17.0. The van der Waals surface area contributed by atoms with Crippen LogP contribution in [0.4, 0.5) is 0 Å². The summed E-state index contributed by atoms with van der Waals surface area (Å²) in [5.41, 5.74) is 2.68. The van der Waals surface area contributed by atoms with Crippen molar-refractivity contribution in [2.24, 2.45) is 0 Å². The predicted octanol–water partition coefficient (Wildman–Crippen LogP) is 4.06. The van der Waals surface area contributed by atoms with Crippen LogP contribution in [0, 0.1) is 13.8 Å². The molecule has 17 heavy (non-hydrogen) atoms. The lowest BCUT2D eigenvalue weighted by Crippen LogP contribution is -1.81. The minimum Gasteiger partial charge on any atom is -0.400 e. The van der Waals surface area contributed by atoms with Crippen molar-refractivity contribution in [2.75, 3.05) is 7.11 Å². The van der Waals surface area contributed by atoms with Gasteiger partial charge in [-0.15, -0.1) is 0 Å². The summed E-state index contributed by atoms with van der Waals surface area (Å²) in [5.74, 6) is 0. The molecule has 90 valence electrons. The molecule has 0 radical (unpaired) electrons. The number of benzene rings is 2. The van der Waals surface area contributed by atoms with Gasteiger partial charge in [0.1, 0.15) is 0 Å². The molecule has 0 atom stereocenters. The van der Waals surface area contributed by atoms with E-state index < -0.39 is 0 Å². The summed E-state index contributed by atoms with van der Waals surface area (Å²) in [5, 5.41) is 7.00. The van der Waals surface area contributed by atoms with Crippen molar-refractivity contribution in [2.45, 2.75) is 23.6 Å². The summed E-state index contributed by atoms with van der Waals surface area (Å²) in [7, 11) is 1.00. The van der Waals surface area contributed by atoms with Crippen LogP contribution in [0.3, 0.4) is 0 Å². The van der Waals surface area contributed by atoms with E-state index in [1.807, 2.05) is 11.8 Å². The molecule has 1 N–H and O–H groups in total. The molecule has 0 aliphatic heterocycles. The van der Waals surface area contributed by atoms with Gasteiger partial charge in [0.25, 0.3) is 0 Å². The second-order valence-electron chi connectivity index (χ2n) is 3.63. The Hall–Kier alpha value is -1.25. The molecule has 2 aromatic rings. The smallest absolute Gasteiger partial charge is 0.0319 e. The molecule has 0 amide bonds. The van der Waals surface area contributed by atoms with E-state index in [-0.39, 0.29) is 0 Å². The average molecular weight is 246 g/mol. The van der Waals surface area contributed by atoms with Gasteiger partial charge in [0, 0.05) is 16.9 Å².